The zero-order valence-electron chi connectivity index (χ0n) is 16.5. The standard InChI is InChI=1S/C22H28N2O4/c1-24(15-3-5-19-6-4-16-27-19)22(25)23-17-7-9-20(10-8-17)28-21-13-11-18(26-2)12-14-21/h7-14,19H,3-6,15-16H2,1-2H3,(H,23,25). The van der Waals surface area contributed by atoms with Gasteiger partial charge >= 0.3 is 6.03 Å². The Labute approximate surface area is 166 Å². The molecule has 1 heterocycles. The van der Waals surface area contributed by atoms with Gasteiger partial charge in [-0.05, 0) is 74.2 Å². The molecule has 1 saturated heterocycles. The van der Waals surface area contributed by atoms with Gasteiger partial charge in [-0.1, -0.05) is 0 Å². The summed E-state index contributed by atoms with van der Waals surface area (Å²) < 4.78 is 16.6. The molecule has 0 spiro atoms. The summed E-state index contributed by atoms with van der Waals surface area (Å²) in [6, 6.07) is 14.6. The Hall–Kier alpha value is -2.73. The number of carbonyl (C=O) groups is 1. The quantitative estimate of drug-likeness (QED) is 0.702. The van der Waals surface area contributed by atoms with Gasteiger partial charge in [-0.3, -0.25) is 0 Å². The van der Waals surface area contributed by atoms with Gasteiger partial charge in [-0.25, -0.2) is 4.79 Å². The predicted molar refractivity (Wildman–Crippen MR) is 109 cm³/mol. The van der Waals surface area contributed by atoms with Crippen LogP contribution in [0.4, 0.5) is 10.5 Å². The van der Waals surface area contributed by atoms with Crippen LogP contribution in [-0.4, -0.2) is 44.3 Å². The van der Waals surface area contributed by atoms with Gasteiger partial charge in [-0.2, -0.15) is 0 Å². The van der Waals surface area contributed by atoms with Crippen LogP contribution < -0.4 is 14.8 Å². The molecule has 1 atom stereocenters. The summed E-state index contributed by atoms with van der Waals surface area (Å²) in [6.07, 6.45) is 4.62. The van der Waals surface area contributed by atoms with Gasteiger partial charge in [-0.15, -0.1) is 0 Å². The van der Waals surface area contributed by atoms with Crippen molar-refractivity contribution < 1.29 is 19.0 Å². The molecule has 6 nitrogen and oxygen atoms in total. The van der Waals surface area contributed by atoms with E-state index in [9.17, 15) is 4.79 Å². The fourth-order valence-corrected chi connectivity index (χ4v) is 3.13. The third kappa shape index (κ3) is 5.89. The van der Waals surface area contributed by atoms with E-state index < -0.39 is 0 Å². The van der Waals surface area contributed by atoms with E-state index >= 15 is 0 Å². The third-order valence-corrected chi connectivity index (χ3v) is 4.79. The minimum atomic E-state index is -0.115. The summed E-state index contributed by atoms with van der Waals surface area (Å²) >= 11 is 0. The number of amides is 2. The van der Waals surface area contributed by atoms with Gasteiger partial charge in [0.15, 0.2) is 0 Å². The maximum Gasteiger partial charge on any atom is 0.321 e. The second-order valence-corrected chi connectivity index (χ2v) is 6.93. The zero-order chi connectivity index (χ0) is 19.8. The highest BCUT2D eigenvalue weighted by molar-refractivity contribution is 5.89. The Kier molecular flexibility index (Phi) is 7.14. The monoisotopic (exact) mass is 384 g/mol. The van der Waals surface area contributed by atoms with Crippen molar-refractivity contribution in [1.29, 1.82) is 0 Å². The second-order valence-electron chi connectivity index (χ2n) is 6.93. The molecule has 1 aliphatic rings. The van der Waals surface area contributed by atoms with E-state index in [0.29, 0.717) is 18.4 Å². The normalized spacial score (nSPS) is 15.9. The number of ether oxygens (including phenoxy) is 3. The van der Waals surface area contributed by atoms with Gasteiger partial charge in [0.1, 0.15) is 17.2 Å². The van der Waals surface area contributed by atoms with Crippen LogP contribution in [0.5, 0.6) is 17.2 Å². The molecule has 28 heavy (non-hydrogen) atoms. The van der Waals surface area contributed by atoms with Crippen molar-refractivity contribution in [3.8, 4) is 17.2 Å². The first kappa shape index (κ1) is 20.0. The fraction of sp³-hybridized carbons (Fsp3) is 0.409. The lowest BCUT2D eigenvalue weighted by Gasteiger charge is -2.19. The molecule has 2 aromatic rings. The van der Waals surface area contributed by atoms with Crippen molar-refractivity contribution in [3.05, 3.63) is 48.5 Å². The van der Waals surface area contributed by atoms with Crippen LogP contribution in [-0.2, 0) is 4.74 Å². The van der Waals surface area contributed by atoms with E-state index in [2.05, 4.69) is 5.32 Å². The van der Waals surface area contributed by atoms with E-state index in [1.165, 1.54) is 0 Å². The highest BCUT2D eigenvalue weighted by Gasteiger charge is 2.16. The molecule has 1 aliphatic heterocycles. The third-order valence-electron chi connectivity index (χ3n) is 4.79. The Morgan fingerprint density at radius 2 is 1.75 bits per heavy atom. The molecule has 0 aromatic heterocycles. The smallest absolute Gasteiger partial charge is 0.321 e. The van der Waals surface area contributed by atoms with Gasteiger partial charge in [0, 0.05) is 25.9 Å². The van der Waals surface area contributed by atoms with Crippen LogP contribution in [0.25, 0.3) is 0 Å². The maximum atomic E-state index is 12.3. The van der Waals surface area contributed by atoms with Crippen LogP contribution >= 0.6 is 0 Å². The number of nitrogens with zero attached hydrogens (tertiary/aromatic N) is 1. The predicted octanol–water partition coefficient (Wildman–Crippen LogP) is 4.91. The summed E-state index contributed by atoms with van der Waals surface area (Å²) in [7, 11) is 3.44. The number of rotatable bonds is 8. The molecular formula is C22H28N2O4. The number of hydrogen-bond donors (Lipinski definition) is 1. The summed E-state index contributed by atoms with van der Waals surface area (Å²) in [4.78, 5) is 14.0. The first-order chi connectivity index (χ1) is 13.6. The number of nitrogens with one attached hydrogen (secondary N) is 1. The van der Waals surface area contributed by atoms with E-state index in [1.54, 1.807) is 12.0 Å². The number of urea groups is 1. The summed E-state index contributed by atoms with van der Waals surface area (Å²) in [5.41, 5.74) is 0.734. The first-order valence-electron chi connectivity index (χ1n) is 9.70. The molecule has 1 unspecified atom stereocenters. The largest absolute Gasteiger partial charge is 0.497 e. The van der Waals surface area contributed by atoms with Gasteiger partial charge < -0.3 is 24.4 Å². The van der Waals surface area contributed by atoms with Crippen LogP contribution in [0.1, 0.15) is 25.7 Å². The number of benzene rings is 2. The Morgan fingerprint density at radius 3 is 2.36 bits per heavy atom. The Morgan fingerprint density at radius 1 is 1.11 bits per heavy atom. The maximum absolute atomic E-state index is 12.3. The van der Waals surface area contributed by atoms with E-state index in [0.717, 1.165) is 49.5 Å². The highest BCUT2D eigenvalue weighted by Crippen LogP contribution is 2.25. The molecular weight excluding hydrogens is 356 g/mol. The molecule has 6 heteroatoms. The van der Waals surface area contributed by atoms with Crippen molar-refractivity contribution in [1.82, 2.24) is 4.90 Å². The molecule has 0 aliphatic carbocycles. The van der Waals surface area contributed by atoms with E-state index in [1.807, 2.05) is 55.6 Å². The van der Waals surface area contributed by atoms with Crippen LogP contribution in [0.2, 0.25) is 0 Å². The average Bonchev–Trinajstić information content (AvgIpc) is 3.23. The molecule has 2 aromatic carbocycles. The molecule has 150 valence electrons. The van der Waals surface area contributed by atoms with Crippen LogP contribution in [0.3, 0.4) is 0 Å². The Balaban J connectivity index is 1.43. The molecule has 1 N–H and O–H groups in total. The van der Waals surface area contributed by atoms with Crippen molar-refractivity contribution in [2.24, 2.45) is 0 Å². The summed E-state index contributed by atoms with van der Waals surface area (Å²) in [5.74, 6) is 2.21. The molecule has 0 saturated carbocycles. The number of carbonyl (C=O) groups excluding carboxylic acids is 1. The topological polar surface area (TPSA) is 60.0 Å². The summed E-state index contributed by atoms with van der Waals surface area (Å²) in [5, 5.41) is 2.91. The first-order valence-corrected chi connectivity index (χ1v) is 9.70. The van der Waals surface area contributed by atoms with Gasteiger partial charge in [0.05, 0.1) is 13.2 Å². The van der Waals surface area contributed by atoms with Gasteiger partial charge in [0.2, 0.25) is 0 Å². The number of methoxy groups -OCH3 is 1. The lowest BCUT2D eigenvalue weighted by molar-refractivity contribution is 0.101. The summed E-state index contributed by atoms with van der Waals surface area (Å²) in [6.45, 7) is 1.59. The lowest BCUT2D eigenvalue weighted by Crippen LogP contribution is -2.32. The molecule has 2 amide bonds. The van der Waals surface area contributed by atoms with Crippen molar-refractivity contribution in [2.75, 3.05) is 32.6 Å². The SMILES string of the molecule is COc1ccc(Oc2ccc(NC(=O)N(C)CCCC3CCCO3)cc2)cc1. The van der Waals surface area contributed by atoms with E-state index in [-0.39, 0.29) is 6.03 Å². The average molecular weight is 384 g/mol. The minimum absolute atomic E-state index is 0.115. The molecule has 0 bridgehead atoms. The number of anilines is 1. The lowest BCUT2D eigenvalue weighted by atomic mass is 10.1. The minimum Gasteiger partial charge on any atom is -0.497 e. The van der Waals surface area contributed by atoms with Crippen LogP contribution in [0.15, 0.2) is 48.5 Å². The van der Waals surface area contributed by atoms with Crippen LogP contribution in [0, 0.1) is 0 Å². The molecule has 1 fully saturated rings. The Bertz CT molecular complexity index is 740. The second kappa shape index (κ2) is 9.99. The van der Waals surface area contributed by atoms with Crippen molar-refractivity contribution in [3.63, 3.8) is 0 Å². The fourth-order valence-electron chi connectivity index (χ4n) is 3.13. The number of hydrogen-bond acceptors (Lipinski definition) is 4. The zero-order valence-corrected chi connectivity index (χ0v) is 16.5. The molecule has 0 radical (unpaired) electrons. The molecule has 3 rings (SSSR count). The van der Waals surface area contributed by atoms with Gasteiger partial charge in [0.25, 0.3) is 0 Å². The van der Waals surface area contributed by atoms with E-state index in [4.69, 9.17) is 14.2 Å². The highest BCUT2D eigenvalue weighted by atomic mass is 16.5. The van der Waals surface area contributed by atoms with Crippen molar-refractivity contribution in [2.45, 2.75) is 31.8 Å². The van der Waals surface area contributed by atoms with Crippen molar-refractivity contribution >= 4 is 11.7 Å².